The first kappa shape index (κ1) is 18.0. The Balaban J connectivity index is 2.09. The predicted octanol–water partition coefficient (Wildman–Crippen LogP) is 2.97. The van der Waals surface area contributed by atoms with Gasteiger partial charge < -0.3 is 18.9 Å². The third kappa shape index (κ3) is 4.36. The summed E-state index contributed by atoms with van der Waals surface area (Å²) in [7, 11) is 4.58. The van der Waals surface area contributed by atoms with Crippen LogP contribution < -0.4 is 14.2 Å². The molecule has 0 N–H and O–H groups in total. The Kier molecular flexibility index (Phi) is 6.39. The molecule has 0 saturated heterocycles. The van der Waals surface area contributed by atoms with Crippen LogP contribution in [0.5, 0.6) is 17.2 Å². The molecule has 1 aromatic carbocycles. The Morgan fingerprint density at radius 1 is 1.17 bits per heavy atom. The van der Waals surface area contributed by atoms with Crippen LogP contribution in [-0.2, 0) is 16.1 Å². The van der Waals surface area contributed by atoms with Crippen LogP contribution >= 0.6 is 23.1 Å². The second-order valence-electron chi connectivity index (χ2n) is 4.38. The maximum atomic E-state index is 11.8. The van der Waals surface area contributed by atoms with Crippen LogP contribution in [0.2, 0.25) is 4.34 Å². The monoisotopic (exact) mass is 370 g/mol. The lowest BCUT2D eigenvalue weighted by molar-refractivity contribution is -0.139. The van der Waals surface area contributed by atoms with Crippen molar-refractivity contribution >= 4 is 35.2 Å². The predicted molar refractivity (Wildman–Crippen MR) is 89.8 cm³/mol. The minimum atomic E-state index is -0.545. The molecule has 0 spiro atoms. The van der Waals surface area contributed by atoms with Gasteiger partial charge in [-0.15, -0.1) is 5.10 Å². The van der Waals surface area contributed by atoms with Gasteiger partial charge in [0.05, 0.1) is 21.3 Å². The molecule has 0 aliphatic rings. The molecule has 0 saturated carbocycles. The molecule has 1 heterocycles. The number of carbonyl (C=O) groups excluding carboxylic acids is 1. The highest BCUT2D eigenvalue weighted by atomic mass is 35.5. The van der Waals surface area contributed by atoms with E-state index in [1.165, 1.54) is 27.4 Å². The van der Waals surface area contributed by atoms with Crippen LogP contribution in [0, 0.1) is 0 Å². The molecular weight excluding hydrogens is 356 g/mol. The maximum absolute atomic E-state index is 11.8. The normalized spacial score (nSPS) is 10.7. The van der Waals surface area contributed by atoms with Crippen LogP contribution in [0.1, 0.15) is 11.3 Å². The molecule has 2 rings (SSSR count). The van der Waals surface area contributed by atoms with E-state index in [0.717, 1.165) is 11.5 Å². The third-order valence-electron chi connectivity index (χ3n) is 3.00. The number of carbonyl (C=O) groups is 1. The number of hydrogen-bond donors (Lipinski definition) is 0. The SMILES string of the molecule is COc1cc(OC)c(OC)cc1/C=C/C(=O)OCc1nnsc1Cl. The van der Waals surface area contributed by atoms with Crippen molar-refractivity contribution in [3.8, 4) is 17.2 Å². The van der Waals surface area contributed by atoms with Gasteiger partial charge in [0.25, 0.3) is 0 Å². The van der Waals surface area contributed by atoms with Gasteiger partial charge in [0.1, 0.15) is 22.4 Å². The molecule has 9 heteroatoms. The summed E-state index contributed by atoms with van der Waals surface area (Å²) < 4.78 is 24.8. The lowest BCUT2D eigenvalue weighted by atomic mass is 10.1. The van der Waals surface area contributed by atoms with Crippen molar-refractivity contribution in [2.45, 2.75) is 6.61 Å². The zero-order valence-electron chi connectivity index (χ0n) is 13.2. The zero-order valence-corrected chi connectivity index (χ0v) is 14.8. The van der Waals surface area contributed by atoms with Crippen molar-refractivity contribution < 1.29 is 23.7 Å². The summed E-state index contributed by atoms with van der Waals surface area (Å²) in [5.41, 5.74) is 1.06. The average molecular weight is 371 g/mol. The number of benzene rings is 1. The second-order valence-corrected chi connectivity index (χ2v) is 5.74. The van der Waals surface area contributed by atoms with Crippen LogP contribution in [0.25, 0.3) is 6.08 Å². The van der Waals surface area contributed by atoms with Gasteiger partial charge in [0.2, 0.25) is 0 Å². The first-order valence-electron chi connectivity index (χ1n) is 6.70. The number of rotatable bonds is 7. The Hall–Kier alpha value is -2.32. The highest BCUT2D eigenvalue weighted by Crippen LogP contribution is 2.35. The number of esters is 1. The molecule has 0 amide bonds. The largest absolute Gasteiger partial charge is 0.496 e. The van der Waals surface area contributed by atoms with Gasteiger partial charge in [-0.3, -0.25) is 0 Å². The van der Waals surface area contributed by atoms with Gasteiger partial charge >= 0.3 is 5.97 Å². The van der Waals surface area contributed by atoms with Gasteiger partial charge in [0.15, 0.2) is 11.5 Å². The molecule has 0 radical (unpaired) electrons. The Bertz CT molecular complexity index is 747. The summed E-state index contributed by atoms with van der Waals surface area (Å²) in [5, 5.41) is 3.76. The fourth-order valence-corrected chi connectivity index (χ4v) is 2.41. The molecule has 0 fully saturated rings. The summed E-state index contributed by atoms with van der Waals surface area (Å²) in [6, 6.07) is 3.37. The standard InChI is InChI=1S/C15H15ClN2O5S/c1-20-11-7-13(22-3)12(21-2)6-9(11)4-5-14(19)23-8-10-15(16)24-18-17-10/h4-7H,8H2,1-3H3/b5-4+. The second kappa shape index (κ2) is 8.51. The third-order valence-corrected chi connectivity index (χ3v) is 3.98. The number of ether oxygens (including phenoxy) is 4. The van der Waals surface area contributed by atoms with Crippen LogP contribution in [0.4, 0.5) is 0 Å². The van der Waals surface area contributed by atoms with Crippen LogP contribution in [-0.4, -0.2) is 36.9 Å². The van der Waals surface area contributed by atoms with Crippen molar-refractivity contribution in [3.05, 3.63) is 33.8 Å². The van der Waals surface area contributed by atoms with Crippen molar-refractivity contribution in [2.75, 3.05) is 21.3 Å². The molecule has 0 aliphatic carbocycles. The number of nitrogens with zero attached hydrogens (tertiary/aromatic N) is 2. The molecule has 24 heavy (non-hydrogen) atoms. The van der Waals surface area contributed by atoms with Crippen LogP contribution in [0.15, 0.2) is 18.2 Å². The number of methoxy groups -OCH3 is 3. The molecule has 0 aliphatic heterocycles. The molecule has 0 bridgehead atoms. The highest BCUT2D eigenvalue weighted by Gasteiger charge is 2.11. The van der Waals surface area contributed by atoms with E-state index in [0.29, 0.717) is 32.8 Å². The summed E-state index contributed by atoms with van der Waals surface area (Å²) in [5.74, 6) is 1.03. The first-order valence-corrected chi connectivity index (χ1v) is 7.85. The van der Waals surface area contributed by atoms with Gasteiger partial charge in [-0.25, -0.2) is 4.79 Å². The summed E-state index contributed by atoms with van der Waals surface area (Å²) >= 11 is 6.87. The van der Waals surface area contributed by atoms with Gasteiger partial charge in [0, 0.05) is 29.2 Å². The highest BCUT2D eigenvalue weighted by molar-refractivity contribution is 7.10. The Labute approximate surface area is 147 Å². The van der Waals surface area contributed by atoms with E-state index in [9.17, 15) is 4.79 Å². The van der Waals surface area contributed by atoms with Gasteiger partial charge in [-0.2, -0.15) is 0 Å². The smallest absolute Gasteiger partial charge is 0.331 e. The molecule has 128 valence electrons. The minimum absolute atomic E-state index is 0.0401. The van der Waals surface area contributed by atoms with Crippen molar-refractivity contribution in [3.63, 3.8) is 0 Å². The average Bonchev–Trinajstić information content (AvgIpc) is 3.02. The molecule has 0 unspecified atom stereocenters. The number of hydrogen-bond acceptors (Lipinski definition) is 8. The first-order chi connectivity index (χ1) is 11.6. The fourth-order valence-electron chi connectivity index (χ4n) is 1.81. The van der Waals surface area contributed by atoms with E-state index in [1.807, 2.05) is 0 Å². The van der Waals surface area contributed by atoms with Gasteiger partial charge in [-0.05, 0) is 12.1 Å². The maximum Gasteiger partial charge on any atom is 0.331 e. The fraction of sp³-hybridized carbons (Fsp3) is 0.267. The molecule has 2 aromatic rings. The summed E-state index contributed by atoms with van der Waals surface area (Å²) in [6.45, 7) is -0.0401. The lowest BCUT2D eigenvalue weighted by Crippen LogP contribution is -2.01. The Morgan fingerprint density at radius 3 is 2.42 bits per heavy atom. The zero-order chi connectivity index (χ0) is 17.5. The van der Waals surface area contributed by atoms with E-state index >= 15 is 0 Å². The minimum Gasteiger partial charge on any atom is -0.496 e. The Morgan fingerprint density at radius 2 is 1.83 bits per heavy atom. The lowest BCUT2D eigenvalue weighted by Gasteiger charge is -2.12. The van der Waals surface area contributed by atoms with Crippen LogP contribution in [0.3, 0.4) is 0 Å². The molecule has 0 atom stereocenters. The molecular formula is C15H15ClN2O5S. The van der Waals surface area contributed by atoms with E-state index in [2.05, 4.69) is 9.59 Å². The van der Waals surface area contributed by atoms with E-state index in [-0.39, 0.29) is 6.61 Å². The topological polar surface area (TPSA) is 79.8 Å². The summed E-state index contributed by atoms with van der Waals surface area (Å²) in [6.07, 6.45) is 2.83. The van der Waals surface area contributed by atoms with Gasteiger partial charge in [-0.1, -0.05) is 16.1 Å². The van der Waals surface area contributed by atoms with E-state index < -0.39 is 5.97 Å². The number of aromatic nitrogens is 2. The number of halogens is 1. The van der Waals surface area contributed by atoms with E-state index in [1.54, 1.807) is 18.2 Å². The van der Waals surface area contributed by atoms with Crippen molar-refractivity contribution in [1.29, 1.82) is 0 Å². The van der Waals surface area contributed by atoms with Crippen molar-refractivity contribution in [1.82, 2.24) is 9.59 Å². The quantitative estimate of drug-likeness (QED) is 0.547. The summed E-state index contributed by atoms with van der Waals surface area (Å²) in [4.78, 5) is 11.8. The van der Waals surface area contributed by atoms with Crippen molar-refractivity contribution in [2.24, 2.45) is 0 Å². The van der Waals surface area contributed by atoms with E-state index in [4.69, 9.17) is 30.5 Å². The molecule has 7 nitrogen and oxygen atoms in total. The molecule has 1 aromatic heterocycles.